The van der Waals surface area contributed by atoms with Gasteiger partial charge in [-0.25, -0.2) is 0 Å². The van der Waals surface area contributed by atoms with E-state index in [9.17, 15) is 9.90 Å². The summed E-state index contributed by atoms with van der Waals surface area (Å²) in [5.74, 6) is -0.698. The number of phenolic OH excluding ortho intramolecular Hbond substituents is 1. The van der Waals surface area contributed by atoms with E-state index in [-0.39, 0.29) is 23.7 Å². The lowest BCUT2D eigenvalue weighted by Gasteiger charge is -2.06. The number of nitrogens with zero attached hydrogens (tertiary/aromatic N) is 1. The second-order valence-corrected chi connectivity index (χ2v) is 3.29. The van der Waals surface area contributed by atoms with Crippen LogP contribution >= 0.6 is 0 Å². The summed E-state index contributed by atoms with van der Waals surface area (Å²) in [5.41, 5.74) is 6.20. The first-order chi connectivity index (χ1) is 7.54. The monoisotopic (exact) mass is 223 g/mol. The largest absolute Gasteiger partial charge is 0.507 e. The molecule has 6 heteroatoms. The summed E-state index contributed by atoms with van der Waals surface area (Å²) >= 11 is 0. The van der Waals surface area contributed by atoms with E-state index < -0.39 is 5.91 Å². The van der Waals surface area contributed by atoms with Crippen LogP contribution in [0.4, 0.5) is 0 Å². The lowest BCUT2D eigenvalue weighted by Crippen LogP contribution is -2.33. The van der Waals surface area contributed by atoms with E-state index >= 15 is 0 Å². The third kappa shape index (κ3) is 2.88. The van der Waals surface area contributed by atoms with Gasteiger partial charge >= 0.3 is 0 Å². The first-order valence-electron chi connectivity index (χ1n) is 4.59. The molecule has 1 rings (SSSR count). The molecular weight excluding hydrogens is 210 g/mol. The Labute approximate surface area is 92.4 Å². The van der Waals surface area contributed by atoms with Gasteiger partial charge in [-0.05, 0) is 19.1 Å². The van der Waals surface area contributed by atoms with Gasteiger partial charge < -0.3 is 21.4 Å². The smallest absolute Gasteiger partial charge is 0.255 e. The van der Waals surface area contributed by atoms with Crippen LogP contribution in [0.25, 0.3) is 0 Å². The Hall–Kier alpha value is -2.24. The van der Waals surface area contributed by atoms with Gasteiger partial charge in [-0.15, -0.1) is 0 Å². The molecule has 0 saturated heterocycles. The molecule has 0 radical (unpaired) electrons. The van der Waals surface area contributed by atoms with Crippen molar-refractivity contribution >= 4 is 11.7 Å². The molecule has 0 bridgehead atoms. The number of nitrogens with two attached hydrogens (primary N) is 1. The molecule has 0 aliphatic heterocycles. The van der Waals surface area contributed by atoms with E-state index in [0.29, 0.717) is 0 Å². The van der Waals surface area contributed by atoms with Crippen LogP contribution < -0.4 is 11.1 Å². The third-order valence-electron chi connectivity index (χ3n) is 1.96. The van der Waals surface area contributed by atoms with Crippen LogP contribution in [0.2, 0.25) is 0 Å². The highest BCUT2D eigenvalue weighted by atomic mass is 16.4. The Bertz CT molecular complexity index is 429. The summed E-state index contributed by atoms with van der Waals surface area (Å²) in [6, 6.07) is 4.68. The number of carbonyl (C=O) groups is 1. The topological polar surface area (TPSA) is 108 Å². The number of aryl methyl sites for hydroxylation is 1. The van der Waals surface area contributed by atoms with E-state index in [1.54, 1.807) is 19.1 Å². The van der Waals surface area contributed by atoms with Gasteiger partial charge in [0.15, 0.2) is 5.84 Å². The van der Waals surface area contributed by atoms with Crippen LogP contribution in [0.15, 0.2) is 23.4 Å². The highest BCUT2D eigenvalue weighted by Crippen LogP contribution is 2.17. The average Bonchev–Trinajstić information content (AvgIpc) is 2.28. The molecule has 5 N–H and O–H groups in total. The summed E-state index contributed by atoms with van der Waals surface area (Å²) in [6.07, 6.45) is 0. The highest BCUT2D eigenvalue weighted by Gasteiger charge is 2.10. The molecule has 0 aliphatic carbocycles. The maximum Gasteiger partial charge on any atom is 0.255 e. The molecule has 6 nitrogen and oxygen atoms in total. The van der Waals surface area contributed by atoms with Crippen LogP contribution in [0.3, 0.4) is 0 Å². The molecule has 0 aliphatic rings. The molecule has 1 amide bonds. The fraction of sp³-hybridized carbons (Fsp3) is 0.200. The minimum absolute atomic E-state index is 0.0806. The number of nitrogens with one attached hydrogen (secondary N) is 1. The van der Waals surface area contributed by atoms with E-state index in [2.05, 4.69) is 10.5 Å². The Morgan fingerprint density at radius 1 is 1.56 bits per heavy atom. The van der Waals surface area contributed by atoms with Crippen molar-refractivity contribution in [3.05, 3.63) is 29.3 Å². The van der Waals surface area contributed by atoms with Gasteiger partial charge in [-0.3, -0.25) is 4.79 Å². The SMILES string of the molecule is Cc1ccc(O)c(C(=O)NC/C(N)=N/O)c1. The van der Waals surface area contributed by atoms with Crippen molar-refractivity contribution in [2.75, 3.05) is 6.54 Å². The van der Waals surface area contributed by atoms with Crippen LogP contribution in [0, 0.1) is 6.92 Å². The summed E-state index contributed by atoms with van der Waals surface area (Å²) in [6.45, 7) is 1.72. The number of amidine groups is 1. The van der Waals surface area contributed by atoms with Crippen molar-refractivity contribution in [1.29, 1.82) is 0 Å². The number of aromatic hydroxyl groups is 1. The van der Waals surface area contributed by atoms with Crippen LogP contribution in [0.5, 0.6) is 5.75 Å². The van der Waals surface area contributed by atoms with Gasteiger partial charge in [-0.2, -0.15) is 0 Å². The number of benzene rings is 1. The number of amides is 1. The molecule has 0 aromatic heterocycles. The maximum atomic E-state index is 11.6. The number of oxime groups is 1. The van der Waals surface area contributed by atoms with Gasteiger partial charge in [0, 0.05) is 0 Å². The second kappa shape index (κ2) is 5.01. The van der Waals surface area contributed by atoms with Crippen molar-refractivity contribution < 1.29 is 15.1 Å². The number of hydrogen-bond donors (Lipinski definition) is 4. The maximum absolute atomic E-state index is 11.6. The van der Waals surface area contributed by atoms with E-state index in [4.69, 9.17) is 10.9 Å². The fourth-order valence-electron chi connectivity index (χ4n) is 1.13. The van der Waals surface area contributed by atoms with Gasteiger partial charge in [-0.1, -0.05) is 16.8 Å². The first-order valence-corrected chi connectivity index (χ1v) is 4.59. The molecule has 0 unspecified atom stereocenters. The zero-order chi connectivity index (χ0) is 12.1. The normalized spacial score (nSPS) is 11.2. The number of carbonyl (C=O) groups excluding carboxylic acids is 1. The summed E-state index contributed by atoms with van der Waals surface area (Å²) in [5, 5.41) is 22.8. The molecule has 0 spiro atoms. The Kier molecular flexibility index (Phi) is 3.71. The van der Waals surface area contributed by atoms with Gasteiger partial charge in [0.25, 0.3) is 5.91 Å². The van der Waals surface area contributed by atoms with Crippen LogP contribution in [-0.2, 0) is 0 Å². The van der Waals surface area contributed by atoms with Gasteiger partial charge in [0.05, 0.1) is 12.1 Å². The third-order valence-corrected chi connectivity index (χ3v) is 1.96. The molecule has 0 fully saturated rings. The second-order valence-electron chi connectivity index (χ2n) is 3.29. The van der Waals surface area contributed by atoms with E-state index in [1.165, 1.54) is 6.07 Å². The summed E-state index contributed by atoms with van der Waals surface area (Å²) in [4.78, 5) is 11.6. The van der Waals surface area contributed by atoms with Crippen molar-refractivity contribution in [1.82, 2.24) is 5.32 Å². The molecule has 1 aromatic rings. The van der Waals surface area contributed by atoms with E-state index in [0.717, 1.165) is 5.56 Å². The molecule has 0 saturated carbocycles. The van der Waals surface area contributed by atoms with Crippen LogP contribution in [0.1, 0.15) is 15.9 Å². The summed E-state index contributed by atoms with van der Waals surface area (Å²) < 4.78 is 0. The number of hydrogen-bond acceptors (Lipinski definition) is 4. The highest BCUT2D eigenvalue weighted by molar-refractivity contribution is 5.99. The lowest BCUT2D eigenvalue weighted by atomic mass is 10.1. The summed E-state index contributed by atoms with van der Waals surface area (Å²) in [7, 11) is 0. The molecular formula is C10H13N3O3. The molecule has 0 atom stereocenters. The Morgan fingerprint density at radius 3 is 2.88 bits per heavy atom. The van der Waals surface area contributed by atoms with Crippen molar-refractivity contribution in [2.24, 2.45) is 10.9 Å². The molecule has 86 valence electrons. The predicted octanol–water partition coefficient (Wildman–Crippen LogP) is 0.177. The molecule has 0 heterocycles. The molecule has 16 heavy (non-hydrogen) atoms. The van der Waals surface area contributed by atoms with Crippen molar-refractivity contribution in [3.8, 4) is 5.75 Å². The first kappa shape index (κ1) is 11.8. The van der Waals surface area contributed by atoms with Gasteiger partial charge in [0.1, 0.15) is 5.75 Å². The quantitative estimate of drug-likeness (QED) is 0.253. The Morgan fingerprint density at radius 2 is 2.25 bits per heavy atom. The Balaban J connectivity index is 2.77. The minimum atomic E-state index is -0.479. The van der Waals surface area contributed by atoms with Crippen molar-refractivity contribution in [2.45, 2.75) is 6.92 Å². The fourth-order valence-corrected chi connectivity index (χ4v) is 1.13. The zero-order valence-electron chi connectivity index (χ0n) is 8.77. The minimum Gasteiger partial charge on any atom is -0.507 e. The standard InChI is InChI=1S/C10H13N3O3/c1-6-2-3-8(14)7(4-6)10(15)12-5-9(11)13-16/h2-4,14,16H,5H2,1H3,(H2,11,13)(H,12,15). The number of phenols is 1. The average molecular weight is 223 g/mol. The lowest BCUT2D eigenvalue weighted by molar-refractivity contribution is 0.0956. The number of rotatable bonds is 3. The molecule has 1 aromatic carbocycles. The predicted molar refractivity (Wildman–Crippen MR) is 58.6 cm³/mol. The van der Waals surface area contributed by atoms with Gasteiger partial charge in [0.2, 0.25) is 0 Å². The zero-order valence-corrected chi connectivity index (χ0v) is 8.77. The van der Waals surface area contributed by atoms with Crippen LogP contribution in [-0.4, -0.2) is 28.6 Å². The van der Waals surface area contributed by atoms with Crippen molar-refractivity contribution in [3.63, 3.8) is 0 Å². The van der Waals surface area contributed by atoms with E-state index in [1.807, 2.05) is 0 Å².